The molecule has 0 radical (unpaired) electrons. The molecule has 0 aromatic carbocycles. The Morgan fingerprint density at radius 2 is 2.38 bits per heavy atom. The number of ether oxygens (including phenoxy) is 1. The summed E-state index contributed by atoms with van der Waals surface area (Å²) >= 11 is 0. The van der Waals surface area contributed by atoms with Crippen LogP contribution >= 0.6 is 0 Å². The first kappa shape index (κ1) is 11.6. The molecule has 1 aromatic heterocycles. The van der Waals surface area contributed by atoms with Crippen molar-refractivity contribution in [2.45, 2.75) is 57.6 Å². The molecule has 0 saturated heterocycles. The summed E-state index contributed by atoms with van der Waals surface area (Å²) in [5.74, 6) is 1.24. The van der Waals surface area contributed by atoms with Crippen LogP contribution in [0.25, 0.3) is 0 Å². The molecule has 1 heterocycles. The Hall–Kier alpha value is -0.830. The van der Waals surface area contributed by atoms with Gasteiger partial charge in [0.1, 0.15) is 5.82 Å². The molecule has 1 fully saturated rings. The highest BCUT2D eigenvalue weighted by molar-refractivity contribution is 4.97. The lowest BCUT2D eigenvalue weighted by atomic mass is 9.92. The number of methoxy groups -OCH3 is 1. The number of hydrogen-bond donors (Lipinski definition) is 0. The minimum Gasteiger partial charge on any atom is -0.381 e. The van der Waals surface area contributed by atoms with E-state index in [0.29, 0.717) is 12.1 Å². The summed E-state index contributed by atoms with van der Waals surface area (Å²) in [6.07, 6.45) is 11.7. The Labute approximate surface area is 97.8 Å². The fourth-order valence-electron chi connectivity index (χ4n) is 2.68. The van der Waals surface area contributed by atoms with Gasteiger partial charge in [-0.15, -0.1) is 0 Å². The van der Waals surface area contributed by atoms with Crippen molar-refractivity contribution in [3.05, 3.63) is 18.2 Å². The molecular formula is C13H22N2O. The van der Waals surface area contributed by atoms with Gasteiger partial charge in [0, 0.05) is 32.0 Å². The van der Waals surface area contributed by atoms with Gasteiger partial charge in [0.2, 0.25) is 0 Å². The van der Waals surface area contributed by atoms with Crippen LogP contribution in [0.2, 0.25) is 0 Å². The van der Waals surface area contributed by atoms with E-state index in [2.05, 4.69) is 22.7 Å². The maximum atomic E-state index is 5.49. The molecule has 0 N–H and O–H groups in total. The summed E-state index contributed by atoms with van der Waals surface area (Å²) in [7, 11) is 1.83. The number of rotatable bonds is 4. The first-order valence-electron chi connectivity index (χ1n) is 6.39. The molecule has 2 unspecified atom stereocenters. The Morgan fingerprint density at radius 1 is 1.50 bits per heavy atom. The van der Waals surface area contributed by atoms with E-state index in [1.54, 1.807) is 0 Å². The Balaban J connectivity index is 2.07. The summed E-state index contributed by atoms with van der Waals surface area (Å²) in [6, 6.07) is 0.600. The monoisotopic (exact) mass is 222 g/mol. The number of hydrogen-bond acceptors (Lipinski definition) is 2. The molecule has 0 amide bonds. The van der Waals surface area contributed by atoms with Crippen LogP contribution in [-0.2, 0) is 11.2 Å². The van der Waals surface area contributed by atoms with Gasteiger partial charge in [-0.1, -0.05) is 6.92 Å². The third-order valence-electron chi connectivity index (χ3n) is 3.55. The van der Waals surface area contributed by atoms with Gasteiger partial charge in [0.05, 0.1) is 6.10 Å². The first-order valence-corrected chi connectivity index (χ1v) is 6.39. The molecule has 0 bridgehead atoms. The van der Waals surface area contributed by atoms with E-state index in [9.17, 15) is 0 Å². The second-order valence-electron chi connectivity index (χ2n) is 4.68. The van der Waals surface area contributed by atoms with Crippen LogP contribution < -0.4 is 0 Å². The number of aryl methyl sites for hydroxylation is 1. The largest absolute Gasteiger partial charge is 0.381 e. The summed E-state index contributed by atoms with van der Waals surface area (Å²) in [5, 5.41) is 0. The van der Waals surface area contributed by atoms with E-state index in [1.165, 1.54) is 25.1 Å². The van der Waals surface area contributed by atoms with Gasteiger partial charge < -0.3 is 9.30 Å². The molecule has 0 spiro atoms. The Kier molecular flexibility index (Phi) is 3.99. The van der Waals surface area contributed by atoms with Crippen LogP contribution in [0.15, 0.2) is 12.4 Å². The Bertz CT molecular complexity index is 321. The zero-order chi connectivity index (χ0) is 11.4. The van der Waals surface area contributed by atoms with Crippen molar-refractivity contribution in [3.8, 4) is 0 Å². The van der Waals surface area contributed by atoms with Crippen molar-refractivity contribution in [2.75, 3.05) is 7.11 Å². The highest BCUT2D eigenvalue weighted by Crippen LogP contribution is 2.30. The fraction of sp³-hybridized carbons (Fsp3) is 0.769. The lowest BCUT2D eigenvalue weighted by Crippen LogP contribution is -2.24. The van der Waals surface area contributed by atoms with Gasteiger partial charge in [-0.05, 0) is 32.1 Å². The van der Waals surface area contributed by atoms with E-state index in [0.717, 1.165) is 19.3 Å². The SMILES string of the molecule is CCCc1nccn1C1CCCC(OC)C1. The smallest absolute Gasteiger partial charge is 0.108 e. The maximum Gasteiger partial charge on any atom is 0.108 e. The number of imidazole rings is 1. The van der Waals surface area contributed by atoms with E-state index >= 15 is 0 Å². The van der Waals surface area contributed by atoms with Crippen LogP contribution in [0.4, 0.5) is 0 Å². The van der Waals surface area contributed by atoms with E-state index in [1.807, 2.05) is 13.3 Å². The van der Waals surface area contributed by atoms with Gasteiger partial charge in [0.25, 0.3) is 0 Å². The quantitative estimate of drug-likeness (QED) is 0.783. The summed E-state index contributed by atoms with van der Waals surface area (Å²) in [6.45, 7) is 2.21. The zero-order valence-electron chi connectivity index (χ0n) is 10.4. The van der Waals surface area contributed by atoms with Crippen LogP contribution in [-0.4, -0.2) is 22.8 Å². The molecule has 1 aliphatic rings. The van der Waals surface area contributed by atoms with Gasteiger partial charge >= 0.3 is 0 Å². The molecule has 0 aliphatic heterocycles. The molecule has 1 aromatic rings. The summed E-state index contributed by atoms with van der Waals surface area (Å²) in [4.78, 5) is 4.45. The standard InChI is InChI=1S/C13H22N2O/c1-3-5-13-14-8-9-15(13)11-6-4-7-12(10-11)16-2/h8-9,11-12H,3-7,10H2,1-2H3. The molecule has 90 valence electrons. The third kappa shape index (κ3) is 2.46. The summed E-state index contributed by atoms with van der Waals surface area (Å²) in [5.41, 5.74) is 0. The van der Waals surface area contributed by atoms with Crippen molar-refractivity contribution in [3.63, 3.8) is 0 Å². The predicted molar refractivity (Wildman–Crippen MR) is 64.5 cm³/mol. The summed E-state index contributed by atoms with van der Waals surface area (Å²) < 4.78 is 7.86. The topological polar surface area (TPSA) is 27.1 Å². The van der Waals surface area contributed by atoms with E-state index in [4.69, 9.17) is 4.74 Å². The zero-order valence-corrected chi connectivity index (χ0v) is 10.4. The maximum absolute atomic E-state index is 5.49. The lowest BCUT2D eigenvalue weighted by Gasteiger charge is -2.30. The van der Waals surface area contributed by atoms with Crippen molar-refractivity contribution in [1.29, 1.82) is 0 Å². The molecule has 2 rings (SSSR count). The van der Waals surface area contributed by atoms with Gasteiger partial charge in [-0.2, -0.15) is 0 Å². The van der Waals surface area contributed by atoms with Crippen LogP contribution in [0.1, 0.15) is 50.9 Å². The second kappa shape index (κ2) is 5.48. The first-order chi connectivity index (χ1) is 7.85. The van der Waals surface area contributed by atoms with Crippen molar-refractivity contribution in [1.82, 2.24) is 9.55 Å². The molecule has 3 heteroatoms. The molecule has 1 aliphatic carbocycles. The second-order valence-corrected chi connectivity index (χ2v) is 4.68. The van der Waals surface area contributed by atoms with E-state index < -0.39 is 0 Å². The van der Waals surface area contributed by atoms with Crippen LogP contribution in [0, 0.1) is 0 Å². The van der Waals surface area contributed by atoms with E-state index in [-0.39, 0.29) is 0 Å². The Morgan fingerprint density at radius 3 is 3.12 bits per heavy atom. The molecule has 16 heavy (non-hydrogen) atoms. The average Bonchev–Trinajstić information content (AvgIpc) is 2.78. The fourth-order valence-corrected chi connectivity index (χ4v) is 2.68. The van der Waals surface area contributed by atoms with Gasteiger partial charge in [-0.3, -0.25) is 0 Å². The highest BCUT2D eigenvalue weighted by Gasteiger charge is 2.23. The number of aromatic nitrogens is 2. The van der Waals surface area contributed by atoms with Gasteiger partial charge in [-0.25, -0.2) is 4.98 Å². The average molecular weight is 222 g/mol. The van der Waals surface area contributed by atoms with Crippen LogP contribution in [0.5, 0.6) is 0 Å². The minimum atomic E-state index is 0.440. The molecule has 3 nitrogen and oxygen atoms in total. The normalized spacial score (nSPS) is 25.9. The van der Waals surface area contributed by atoms with Crippen molar-refractivity contribution < 1.29 is 4.74 Å². The number of nitrogens with zero attached hydrogens (tertiary/aromatic N) is 2. The van der Waals surface area contributed by atoms with Crippen molar-refractivity contribution in [2.24, 2.45) is 0 Å². The minimum absolute atomic E-state index is 0.440. The predicted octanol–water partition coefficient (Wildman–Crippen LogP) is 2.97. The lowest BCUT2D eigenvalue weighted by molar-refractivity contribution is 0.0525. The molecule has 1 saturated carbocycles. The molecule has 2 atom stereocenters. The van der Waals surface area contributed by atoms with Gasteiger partial charge in [0.15, 0.2) is 0 Å². The third-order valence-corrected chi connectivity index (χ3v) is 3.55. The highest BCUT2D eigenvalue weighted by atomic mass is 16.5. The van der Waals surface area contributed by atoms with Crippen molar-refractivity contribution >= 4 is 0 Å². The van der Waals surface area contributed by atoms with Crippen LogP contribution in [0.3, 0.4) is 0 Å². The molecular weight excluding hydrogens is 200 g/mol.